The molecule has 1 atom stereocenters. The number of carbonyl (C=O) groups excluding carboxylic acids is 1. The zero-order chi connectivity index (χ0) is 13.2. The molecule has 0 bridgehead atoms. The maximum atomic E-state index is 12.0. The van der Waals surface area contributed by atoms with Crippen LogP contribution < -0.4 is 5.32 Å². The van der Waals surface area contributed by atoms with Gasteiger partial charge in [0.15, 0.2) is 5.41 Å². The quantitative estimate of drug-likeness (QED) is 0.840. The molecule has 18 heavy (non-hydrogen) atoms. The summed E-state index contributed by atoms with van der Waals surface area (Å²) in [6.07, 6.45) is 0. The van der Waals surface area contributed by atoms with Gasteiger partial charge in [-0.25, -0.2) is 4.98 Å². The molecule has 92 valence electrons. The lowest BCUT2D eigenvalue weighted by Crippen LogP contribution is -2.43. The predicted octanol–water partition coefficient (Wildman–Crippen LogP) is 1.73. The molecule has 1 N–H and O–H groups in total. The van der Waals surface area contributed by atoms with Crippen LogP contribution in [0.4, 0.5) is 0 Å². The van der Waals surface area contributed by atoms with Crippen molar-refractivity contribution in [2.75, 3.05) is 12.8 Å². The number of rotatable bonds is 3. The molecule has 0 spiro atoms. The van der Waals surface area contributed by atoms with Crippen molar-refractivity contribution in [3.63, 3.8) is 0 Å². The normalized spacial score (nSPS) is 13.8. The van der Waals surface area contributed by atoms with E-state index in [0.717, 1.165) is 10.2 Å². The first-order valence-corrected chi connectivity index (χ1v) is 6.73. The van der Waals surface area contributed by atoms with Gasteiger partial charge in [-0.2, -0.15) is 17.9 Å². The van der Waals surface area contributed by atoms with Crippen molar-refractivity contribution < 1.29 is 4.79 Å². The third kappa shape index (κ3) is 1.85. The number of thiol groups is 1. The fourth-order valence-electron chi connectivity index (χ4n) is 1.64. The molecule has 6 heteroatoms. The van der Waals surface area contributed by atoms with Gasteiger partial charge in [-0.05, 0) is 12.1 Å². The lowest BCUT2D eigenvalue weighted by Gasteiger charge is -2.19. The molecule has 1 aromatic heterocycles. The number of benzene rings is 1. The summed E-state index contributed by atoms with van der Waals surface area (Å²) in [5, 5.41) is 12.4. The molecule has 1 unspecified atom stereocenters. The number of nitrogens with one attached hydrogen (secondary N) is 1. The number of para-hydroxylation sites is 1. The predicted molar refractivity (Wildman–Crippen MR) is 74.8 cm³/mol. The van der Waals surface area contributed by atoms with E-state index in [2.05, 4.69) is 29.0 Å². The van der Waals surface area contributed by atoms with Gasteiger partial charge in [0, 0.05) is 12.8 Å². The molecule has 0 aliphatic carbocycles. The van der Waals surface area contributed by atoms with Crippen LogP contribution in [0.15, 0.2) is 24.3 Å². The fourth-order valence-corrected chi connectivity index (χ4v) is 3.21. The molecule has 0 aliphatic rings. The minimum atomic E-state index is -1.32. The Balaban J connectivity index is 2.62. The zero-order valence-corrected chi connectivity index (χ0v) is 11.4. The Labute approximate surface area is 114 Å². The lowest BCUT2D eigenvalue weighted by molar-refractivity contribution is -0.123. The van der Waals surface area contributed by atoms with Gasteiger partial charge in [-0.3, -0.25) is 4.79 Å². The summed E-state index contributed by atoms with van der Waals surface area (Å²) in [7, 11) is 1.51. The van der Waals surface area contributed by atoms with Crippen molar-refractivity contribution >= 4 is 40.1 Å². The first-order valence-electron chi connectivity index (χ1n) is 5.28. The second-order valence-electron chi connectivity index (χ2n) is 3.74. The number of likely N-dealkylation sites (N-methyl/N-ethyl adjacent to an activating group) is 1. The lowest BCUT2D eigenvalue weighted by atomic mass is 9.92. The van der Waals surface area contributed by atoms with Crippen molar-refractivity contribution in [3.8, 4) is 6.07 Å². The van der Waals surface area contributed by atoms with E-state index in [0.29, 0.717) is 5.01 Å². The number of amides is 1. The number of thiazole rings is 1. The topological polar surface area (TPSA) is 65.8 Å². The van der Waals surface area contributed by atoms with Gasteiger partial charge in [-0.15, -0.1) is 11.3 Å². The molecular weight excluding hydrogens is 266 g/mol. The molecular formula is C12H11N3OS2. The van der Waals surface area contributed by atoms with Crippen molar-refractivity contribution in [1.29, 1.82) is 5.26 Å². The maximum absolute atomic E-state index is 12.0. The number of carbonyl (C=O) groups is 1. The zero-order valence-electron chi connectivity index (χ0n) is 9.67. The Morgan fingerprint density at radius 3 is 2.89 bits per heavy atom. The van der Waals surface area contributed by atoms with E-state index in [9.17, 15) is 10.1 Å². The second kappa shape index (κ2) is 4.96. The number of fused-ring (bicyclic) bond motifs is 1. The molecule has 0 saturated carbocycles. The number of hydrogen-bond acceptors (Lipinski definition) is 5. The van der Waals surface area contributed by atoms with Crippen LogP contribution in [-0.4, -0.2) is 23.7 Å². The van der Waals surface area contributed by atoms with Crippen LogP contribution in [-0.2, 0) is 10.2 Å². The SMILES string of the molecule is CNC(=O)C(C#N)(CS)c1nc2ccccc2s1. The van der Waals surface area contributed by atoms with E-state index in [4.69, 9.17) is 0 Å². The van der Waals surface area contributed by atoms with Gasteiger partial charge in [0.2, 0.25) is 5.91 Å². The smallest absolute Gasteiger partial charge is 0.248 e. The number of nitriles is 1. The average molecular weight is 277 g/mol. The number of nitrogens with zero attached hydrogens (tertiary/aromatic N) is 2. The summed E-state index contributed by atoms with van der Waals surface area (Å²) in [6.45, 7) is 0. The van der Waals surface area contributed by atoms with Crippen molar-refractivity contribution in [2.24, 2.45) is 0 Å². The average Bonchev–Trinajstić information content (AvgIpc) is 2.84. The number of aromatic nitrogens is 1. The molecule has 0 fully saturated rings. The van der Waals surface area contributed by atoms with Gasteiger partial charge in [0.1, 0.15) is 5.01 Å². The van der Waals surface area contributed by atoms with Crippen LogP contribution in [0.5, 0.6) is 0 Å². The first kappa shape index (κ1) is 12.9. The molecule has 1 heterocycles. The van der Waals surface area contributed by atoms with Crippen LogP contribution in [0.3, 0.4) is 0 Å². The molecule has 2 rings (SSSR count). The molecule has 1 amide bonds. The summed E-state index contributed by atoms with van der Waals surface area (Å²) >= 11 is 5.50. The van der Waals surface area contributed by atoms with Crippen molar-refractivity contribution in [1.82, 2.24) is 10.3 Å². The van der Waals surface area contributed by atoms with Crippen molar-refractivity contribution in [3.05, 3.63) is 29.3 Å². The highest BCUT2D eigenvalue weighted by Crippen LogP contribution is 2.32. The van der Waals surface area contributed by atoms with Crippen LogP contribution in [0.25, 0.3) is 10.2 Å². The minimum Gasteiger partial charge on any atom is -0.357 e. The van der Waals surface area contributed by atoms with Crippen LogP contribution >= 0.6 is 24.0 Å². The van der Waals surface area contributed by atoms with Gasteiger partial charge < -0.3 is 5.32 Å². The van der Waals surface area contributed by atoms with E-state index >= 15 is 0 Å². The molecule has 0 saturated heterocycles. The van der Waals surface area contributed by atoms with Crippen LogP contribution in [0.2, 0.25) is 0 Å². The maximum Gasteiger partial charge on any atom is 0.248 e. The standard InChI is InChI=1S/C12H11N3OS2/c1-14-10(16)12(6-13,7-17)11-15-8-4-2-3-5-9(8)18-11/h2-5,17H,7H2,1H3,(H,14,16). The Bertz CT molecular complexity index is 599. The summed E-state index contributed by atoms with van der Waals surface area (Å²) < 4.78 is 0.956. The first-order chi connectivity index (χ1) is 8.67. The summed E-state index contributed by atoms with van der Waals surface area (Å²) in [5.74, 6) is -0.276. The van der Waals surface area contributed by atoms with E-state index in [1.54, 1.807) is 0 Å². The minimum absolute atomic E-state index is 0.100. The van der Waals surface area contributed by atoms with Crippen LogP contribution in [0, 0.1) is 11.3 Å². The molecule has 0 radical (unpaired) electrons. The molecule has 1 aromatic carbocycles. The Morgan fingerprint density at radius 2 is 2.33 bits per heavy atom. The largest absolute Gasteiger partial charge is 0.357 e. The fraction of sp³-hybridized carbons (Fsp3) is 0.250. The Kier molecular flexibility index (Phi) is 3.55. The number of hydrogen-bond donors (Lipinski definition) is 2. The summed E-state index contributed by atoms with van der Waals surface area (Å²) in [6, 6.07) is 9.61. The summed E-state index contributed by atoms with van der Waals surface area (Å²) in [5.41, 5.74) is -0.524. The third-order valence-electron chi connectivity index (χ3n) is 2.70. The molecule has 2 aromatic rings. The summed E-state index contributed by atoms with van der Waals surface area (Å²) in [4.78, 5) is 16.3. The van der Waals surface area contributed by atoms with E-state index in [1.165, 1.54) is 18.4 Å². The monoisotopic (exact) mass is 277 g/mol. The highest BCUT2D eigenvalue weighted by molar-refractivity contribution is 7.80. The van der Waals surface area contributed by atoms with E-state index in [-0.39, 0.29) is 11.7 Å². The molecule has 4 nitrogen and oxygen atoms in total. The van der Waals surface area contributed by atoms with Crippen LogP contribution in [0.1, 0.15) is 5.01 Å². The Morgan fingerprint density at radius 1 is 1.61 bits per heavy atom. The highest BCUT2D eigenvalue weighted by atomic mass is 32.1. The van der Waals surface area contributed by atoms with Gasteiger partial charge in [0.25, 0.3) is 0 Å². The molecule has 0 aliphatic heterocycles. The highest BCUT2D eigenvalue weighted by Gasteiger charge is 2.42. The van der Waals surface area contributed by atoms with Crippen molar-refractivity contribution in [2.45, 2.75) is 5.41 Å². The van der Waals surface area contributed by atoms with Gasteiger partial charge in [0.05, 0.1) is 16.3 Å². The Hall–Kier alpha value is -1.58. The van der Waals surface area contributed by atoms with E-state index in [1.807, 2.05) is 24.3 Å². The third-order valence-corrected chi connectivity index (χ3v) is 4.37. The van der Waals surface area contributed by atoms with E-state index < -0.39 is 5.41 Å². The second-order valence-corrected chi connectivity index (χ2v) is 5.09. The van der Waals surface area contributed by atoms with Gasteiger partial charge >= 0.3 is 0 Å². The van der Waals surface area contributed by atoms with Gasteiger partial charge in [-0.1, -0.05) is 12.1 Å².